The summed E-state index contributed by atoms with van der Waals surface area (Å²) in [7, 11) is -3.33. The average molecular weight is 414 g/mol. The Labute approximate surface area is 168 Å². The van der Waals surface area contributed by atoms with Gasteiger partial charge in [-0.15, -0.1) is 0 Å². The molecular formula is C18H22N8O2S. The molecule has 0 atom stereocenters. The lowest BCUT2D eigenvalue weighted by molar-refractivity contribution is 0.0720. The number of hydrogen-bond donors (Lipinski definition) is 2. The Balaban J connectivity index is 1.67. The number of fused-ring (bicyclic) bond motifs is 1. The minimum atomic E-state index is -3.33. The number of H-pyrrole nitrogens is 1. The van der Waals surface area contributed by atoms with Gasteiger partial charge in [-0.3, -0.25) is 4.68 Å². The summed E-state index contributed by atoms with van der Waals surface area (Å²) in [6, 6.07) is 4.02. The van der Waals surface area contributed by atoms with Crippen molar-refractivity contribution >= 4 is 26.9 Å². The van der Waals surface area contributed by atoms with Gasteiger partial charge in [0, 0.05) is 30.9 Å². The summed E-state index contributed by atoms with van der Waals surface area (Å²) in [6.07, 6.45) is 6.52. The Bertz CT molecular complexity index is 1180. The van der Waals surface area contributed by atoms with Crippen molar-refractivity contribution < 1.29 is 8.42 Å². The van der Waals surface area contributed by atoms with Crippen molar-refractivity contribution in [2.45, 2.75) is 31.7 Å². The first-order valence-corrected chi connectivity index (χ1v) is 11.0. The summed E-state index contributed by atoms with van der Waals surface area (Å²) < 4.78 is 28.0. The highest BCUT2D eigenvalue weighted by molar-refractivity contribution is 7.89. The van der Waals surface area contributed by atoms with Crippen LogP contribution in [-0.2, 0) is 15.6 Å². The van der Waals surface area contributed by atoms with Crippen molar-refractivity contribution in [3.63, 3.8) is 0 Å². The van der Waals surface area contributed by atoms with Gasteiger partial charge in [-0.25, -0.2) is 18.4 Å². The topological polar surface area (TPSA) is 147 Å². The zero-order valence-corrected chi connectivity index (χ0v) is 16.9. The van der Waals surface area contributed by atoms with Crippen molar-refractivity contribution in [3.05, 3.63) is 24.8 Å². The van der Waals surface area contributed by atoms with Gasteiger partial charge in [0.1, 0.15) is 17.5 Å². The predicted molar refractivity (Wildman–Crippen MR) is 108 cm³/mol. The van der Waals surface area contributed by atoms with Crippen LogP contribution < -0.4 is 5.73 Å². The van der Waals surface area contributed by atoms with E-state index in [4.69, 9.17) is 5.73 Å². The number of nitrogens with one attached hydrogen (secondary N) is 1. The number of sulfonamides is 1. The highest BCUT2D eigenvalue weighted by Crippen LogP contribution is 2.37. The minimum absolute atomic E-state index is 0.116. The van der Waals surface area contributed by atoms with E-state index in [0.29, 0.717) is 23.3 Å². The standard InChI is InChI=1S/C18H22N8O2S/c1-2-3-8-29(27,28)25-10-18(11-25,5-6-19)26-9-14(16(20)24-26)15-13-4-7-21-17(13)23-12-22-15/h4,7,9,12H,2-3,5,8,10-11H2,1H3,(H2,20,24)(H,21,22,23). The van der Waals surface area contributed by atoms with Crippen LogP contribution in [0.4, 0.5) is 5.82 Å². The van der Waals surface area contributed by atoms with E-state index in [0.717, 1.165) is 11.8 Å². The maximum absolute atomic E-state index is 12.5. The van der Waals surface area contributed by atoms with E-state index in [1.54, 1.807) is 17.1 Å². The zero-order valence-electron chi connectivity index (χ0n) is 16.0. The van der Waals surface area contributed by atoms with Crippen LogP contribution in [0.1, 0.15) is 26.2 Å². The fraction of sp³-hybridized carbons (Fsp3) is 0.444. The Morgan fingerprint density at radius 2 is 2.17 bits per heavy atom. The van der Waals surface area contributed by atoms with Gasteiger partial charge in [-0.2, -0.15) is 14.7 Å². The second kappa shape index (κ2) is 7.13. The van der Waals surface area contributed by atoms with Gasteiger partial charge >= 0.3 is 0 Å². The van der Waals surface area contributed by atoms with Crippen LogP contribution in [0.2, 0.25) is 0 Å². The average Bonchev–Trinajstić information content (AvgIpc) is 3.29. The molecule has 152 valence electrons. The first kappa shape index (κ1) is 19.4. The van der Waals surface area contributed by atoms with Gasteiger partial charge in [0.25, 0.3) is 0 Å². The highest BCUT2D eigenvalue weighted by Gasteiger charge is 2.50. The fourth-order valence-electron chi connectivity index (χ4n) is 3.65. The number of unbranched alkanes of at least 4 members (excludes halogenated alkanes) is 1. The zero-order chi connectivity index (χ0) is 20.6. The summed E-state index contributed by atoms with van der Waals surface area (Å²) in [4.78, 5) is 11.6. The molecular weight excluding hydrogens is 392 g/mol. The molecule has 0 spiro atoms. The molecule has 3 aromatic heterocycles. The van der Waals surface area contributed by atoms with Crippen LogP contribution in [0.25, 0.3) is 22.3 Å². The lowest BCUT2D eigenvalue weighted by atomic mass is 9.89. The second-order valence-electron chi connectivity index (χ2n) is 7.33. The third-order valence-electron chi connectivity index (χ3n) is 5.34. The predicted octanol–water partition coefficient (Wildman–Crippen LogP) is 1.46. The number of nitriles is 1. The van der Waals surface area contributed by atoms with Crippen LogP contribution >= 0.6 is 0 Å². The highest BCUT2D eigenvalue weighted by atomic mass is 32.2. The number of nitrogens with zero attached hydrogens (tertiary/aromatic N) is 6. The number of rotatable bonds is 7. The van der Waals surface area contributed by atoms with Crippen LogP contribution in [-0.4, -0.2) is 56.3 Å². The SMILES string of the molecule is CCCCS(=O)(=O)N1CC(CC#N)(n2cc(-c3ncnc4[nH]ccc34)c(N)n2)C1. The minimum Gasteiger partial charge on any atom is -0.382 e. The molecule has 0 unspecified atom stereocenters. The summed E-state index contributed by atoms with van der Waals surface area (Å²) in [5.74, 6) is 0.390. The van der Waals surface area contributed by atoms with Crippen LogP contribution in [0.3, 0.4) is 0 Å². The van der Waals surface area contributed by atoms with Gasteiger partial charge in [-0.05, 0) is 12.5 Å². The molecule has 3 aromatic rings. The van der Waals surface area contributed by atoms with Gasteiger partial charge in [0.05, 0.1) is 29.5 Å². The first-order chi connectivity index (χ1) is 13.9. The third kappa shape index (κ3) is 3.24. The Morgan fingerprint density at radius 3 is 2.90 bits per heavy atom. The van der Waals surface area contributed by atoms with E-state index in [1.165, 1.54) is 10.6 Å². The van der Waals surface area contributed by atoms with Crippen LogP contribution in [0.5, 0.6) is 0 Å². The fourth-order valence-corrected chi connectivity index (χ4v) is 5.43. The monoisotopic (exact) mass is 414 g/mol. The van der Waals surface area contributed by atoms with Crippen molar-refractivity contribution in [2.75, 3.05) is 24.6 Å². The van der Waals surface area contributed by atoms with Gasteiger partial charge in [0.2, 0.25) is 10.0 Å². The van der Waals surface area contributed by atoms with Gasteiger partial charge in [0.15, 0.2) is 5.82 Å². The quantitative estimate of drug-likeness (QED) is 0.595. The number of anilines is 1. The van der Waals surface area contributed by atoms with E-state index < -0.39 is 15.6 Å². The van der Waals surface area contributed by atoms with E-state index in [-0.39, 0.29) is 31.1 Å². The Hall–Kier alpha value is -2.97. The molecule has 0 aliphatic carbocycles. The maximum atomic E-state index is 12.5. The molecule has 3 N–H and O–H groups in total. The Morgan fingerprint density at radius 1 is 1.38 bits per heavy atom. The number of nitrogens with two attached hydrogens (primary N) is 1. The second-order valence-corrected chi connectivity index (χ2v) is 9.42. The number of aromatic nitrogens is 5. The van der Waals surface area contributed by atoms with E-state index in [1.807, 2.05) is 13.0 Å². The molecule has 4 heterocycles. The van der Waals surface area contributed by atoms with Gasteiger partial charge < -0.3 is 10.7 Å². The van der Waals surface area contributed by atoms with E-state index in [9.17, 15) is 13.7 Å². The molecule has 0 radical (unpaired) electrons. The van der Waals surface area contributed by atoms with Crippen molar-refractivity contribution in [1.82, 2.24) is 29.0 Å². The van der Waals surface area contributed by atoms with Crippen molar-refractivity contribution in [1.29, 1.82) is 5.26 Å². The normalized spacial score (nSPS) is 16.6. The Kier molecular flexibility index (Phi) is 4.76. The molecule has 11 heteroatoms. The molecule has 0 amide bonds. The number of aromatic amines is 1. The molecule has 1 aliphatic heterocycles. The molecule has 0 aromatic carbocycles. The summed E-state index contributed by atoms with van der Waals surface area (Å²) in [5.41, 5.74) is 7.39. The first-order valence-electron chi connectivity index (χ1n) is 9.39. The molecule has 1 fully saturated rings. The van der Waals surface area contributed by atoms with E-state index >= 15 is 0 Å². The molecule has 0 bridgehead atoms. The number of hydrogen-bond acceptors (Lipinski definition) is 7. The molecule has 1 aliphatic rings. The van der Waals surface area contributed by atoms with Gasteiger partial charge in [-0.1, -0.05) is 13.3 Å². The molecule has 29 heavy (non-hydrogen) atoms. The summed E-state index contributed by atoms with van der Waals surface area (Å²) in [6.45, 7) is 2.36. The summed E-state index contributed by atoms with van der Waals surface area (Å²) in [5, 5.41) is 14.6. The van der Waals surface area contributed by atoms with Crippen molar-refractivity contribution in [3.8, 4) is 17.3 Å². The lowest BCUT2D eigenvalue weighted by Crippen LogP contribution is -2.64. The molecule has 0 saturated carbocycles. The molecule has 4 rings (SSSR count). The molecule has 10 nitrogen and oxygen atoms in total. The third-order valence-corrected chi connectivity index (χ3v) is 7.19. The lowest BCUT2D eigenvalue weighted by Gasteiger charge is -2.47. The smallest absolute Gasteiger partial charge is 0.214 e. The van der Waals surface area contributed by atoms with E-state index in [2.05, 4.69) is 26.1 Å². The van der Waals surface area contributed by atoms with Crippen LogP contribution in [0.15, 0.2) is 24.8 Å². The van der Waals surface area contributed by atoms with Crippen molar-refractivity contribution in [2.24, 2.45) is 0 Å². The molecule has 1 saturated heterocycles. The number of nitrogen functional groups attached to an aromatic ring is 1. The maximum Gasteiger partial charge on any atom is 0.214 e. The largest absolute Gasteiger partial charge is 0.382 e. The van der Waals surface area contributed by atoms with Crippen LogP contribution in [0, 0.1) is 11.3 Å². The summed E-state index contributed by atoms with van der Waals surface area (Å²) >= 11 is 0.